The number of benzene rings is 1. The molecule has 1 nitrogen and oxygen atoms in total. The Hall–Kier alpha value is -0.890. The van der Waals surface area contributed by atoms with Crippen molar-refractivity contribution >= 4 is 11.8 Å². The molecule has 2 heteroatoms. The van der Waals surface area contributed by atoms with Gasteiger partial charge in [0.1, 0.15) is 11.7 Å². The first-order valence-corrected chi connectivity index (χ1v) is 5.57. The van der Waals surface area contributed by atoms with E-state index in [1.54, 1.807) is 11.8 Å². The lowest BCUT2D eigenvalue weighted by atomic mass is 10.1. The molecule has 1 aromatic rings. The zero-order valence-corrected chi connectivity index (χ0v) is 8.64. The molecule has 0 aliphatic rings. The van der Waals surface area contributed by atoms with Gasteiger partial charge in [-0.2, -0.15) is 0 Å². The first-order valence-electron chi connectivity index (χ1n) is 4.18. The van der Waals surface area contributed by atoms with Crippen molar-refractivity contribution in [2.45, 2.75) is 6.42 Å². The Balaban J connectivity index is 2.53. The molecule has 0 amide bonds. The van der Waals surface area contributed by atoms with Crippen molar-refractivity contribution in [1.29, 1.82) is 0 Å². The Bertz CT molecular complexity index is 253. The minimum Gasteiger partial charge on any atom is -0.483 e. The molecule has 0 aliphatic carbocycles. The van der Waals surface area contributed by atoms with Crippen molar-refractivity contribution in [3.05, 3.63) is 42.5 Å². The SMILES string of the molecule is C=CCc1ccc(OCSC)cc1. The van der Waals surface area contributed by atoms with Gasteiger partial charge in [-0.25, -0.2) is 0 Å². The highest BCUT2D eigenvalue weighted by molar-refractivity contribution is 7.98. The molecular formula is C11H14OS. The monoisotopic (exact) mass is 194 g/mol. The lowest BCUT2D eigenvalue weighted by molar-refractivity contribution is 0.393. The highest BCUT2D eigenvalue weighted by Crippen LogP contribution is 2.13. The summed E-state index contributed by atoms with van der Waals surface area (Å²) in [6.07, 6.45) is 4.84. The minimum atomic E-state index is 0.709. The topological polar surface area (TPSA) is 9.23 Å². The van der Waals surface area contributed by atoms with Gasteiger partial charge in [0.2, 0.25) is 0 Å². The fraction of sp³-hybridized carbons (Fsp3) is 0.273. The van der Waals surface area contributed by atoms with Crippen molar-refractivity contribution in [2.75, 3.05) is 12.2 Å². The summed E-state index contributed by atoms with van der Waals surface area (Å²) in [7, 11) is 0. The second-order valence-corrected chi connectivity index (χ2v) is 3.50. The van der Waals surface area contributed by atoms with Gasteiger partial charge in [-0.15, -0.1) is 18.3 Å². The van der Waals surface area contributed by atoms with Crippen LogP contribution in [0.4, 0.5) is 0 Å². The normalized spacial score (nSPS) is 9.62. The molecule has 0 saturated heterocycles. The van der Waals surface area contributed by atoms with E-state index in [1.807, 2.05) is 24.5 Å². The summed E-state index contributed by atoms with van der Waals surface area (Å²) in [6.45, 7) is 3.69. The third-order valence-electron chi connectivity index (χ3n) is 1.65. The lowest BCUT2D eigenvalue weighted by Crippen LogP contribution is -1.91. The largest absolute Gasteiger partial charge is 0.483 e. The van der Waals surface area contributed by atoms with Crippen LogP contribution in [0.5, 0.6) is 5.75 Å². The van der Waals surface area contributed by atoms with Crippen LogP contribution in [0.25, 0.3) is 0 Å². The van der Waals surface area contributed by atoms with Gasteiger partial charge >= 0.3 is 0 Å². The molecule has 70 valence electrons. The quantitative estimate of drug-likeness (QED) is 0.526. The van der Waals surface area contributed by atoms with Gasteiger partial charge in [0.25, 0.3) is 0 Å². The molecule has 0 aliphatic heterocycles. The number of thioether (sulfide) groups is 1. The summed E-state index contributed by atoms with van der Waals surface area (Å²) in [5, 5.41) is 0. The van der Waals surface area contributed by atoms with Crippen LogP contribution in [0.2, 0.25) is 0 Å². The van der Waals surface area contributed by atoms with E-state index in [0.29, 0.717) is 5.94 Å². The van der Waals surface area contributed by atoms with Crippen LogP contribution in [0.3, 0.4) is 0 Å². The second kappa shape index (κ2) is 5.70. The van der Waals surface area contributed by atoms with E-state index in [4.69, 9.17) is 4.74 Å². The van der Waals surface area contributed by atoms with Crippen molar-refractivity contribution in [3.63, 3.8) is 0 Å². The predicted molar refractivity (Wildman–Crippen MR) is 59.4 cm³/mol. The van der Waals surface area contributed by atoms with Crippen LogP contribution in [-0.2, 0) is 6.42 Å². The number of hydrogen-bond donors (Lipinski definition) is 0. The van der Waals surface area contributed by atoms with Crippen LogP contribution in [0.15, 0.2) is 36.9 Å². The molecule has 0 radical (unpaired) electrons. The molecule has 1 rings (SSSR count). The first-order chi connectivity index (χ1) is 6.36. The van der Waals surface area contributed by atoms with Gasteiger partial charge < -0.3 is 4.74 Å². The molecule has 0 N–H and O–H groups in total. The van der Waals surface area contributed by atoms with Crippen LogP contribution >= 0.6 is 11.8 Å². The van der Waals surface area contributed by atoms with Gasteiger partial charge in [-0.3, -0.25) is 0 Å². The number of rotatable bonds is 5. The summed E-state index contributed by atoms with van der Waals surface area (Å²) in [6, 6.07) is 8.12. The van der Waals surface area contributed by atoms with Crippen molar-refractivity contribution in [3.8, 4) is 5.75 Å². The smallest absolute Gasteiger partial charge is 0.133 e. The number of allylic oxidation sites excluding steroid dienone is 1. The van der Waals surface area contributed by atoms with E-state index in [2.05, 4.69) is 18.7 Å². The van der Waals surface area contributed by atoms with Crippen LogP contribution in [0.1, 0.15) is 5.56 Å². The van der Waals surface area contributed by atoms with E-state index in [-0.39, 0.29) is 0 Å². The predicted octanol–water partition coefficient (Wildman–Crippen LogP) is 3.11. The number of ether oxygens (including phenoxy) is 1. The minimum absolute atomic E-state index is 0.709. The van der Waals surface area contributed by atoms with E-state index >= 15 is 0 Å². The molecule has 0 atom stereocenters. The van der Waals surface area contributed by atoms with E-state index < -0.39 is 0 Å². The molecule has 13 heavy (non-hydrogen) atoms. The standard InChI is InChI=1S/C11H14OS/c1-3-4-10-5-7-11(8-6-10)12-9-13-2/h3,5-8H,1,4,9H2,2H3. The summed E-state index contributed by atoms with van der Waals surface area (Å²) < 4.78 is 5.43. The van der Waals surface area contributed by atoms with Gasteiger partial charge in [-0.1, -0.05) is 18.2 Å². The highest BCUT2D eigenvalue weighted by atomic mass is 32.2. The zero-order chi connectivity index (χ0) is 9.52. The first kappa shape index (κ1) is 10.2. The molecule has 0 saturated carbocycles. The molecule has 0 spiro atoms. The maximum Gasteiger partial charge on any atom is 0.133 e. The van der Waals surface area contributed by atoms with Gasteiger partial charge in [0.15, 0.2) is 0 Å². The van der Waals surface area contributed by atoms with Crippen molar-refractivity contribution in [1.82, 2.24) is 0 Å². The Labute approximate surface area is 83.8 Å². The maximum atomic E-state index is 5.43. The van der Waals surface area contributed by atoms with Crippen LogP contribution in [0, 0.1) is 0 Å². The molecule has 0 bridgehead atoms. The molecule has 0 heterocycles. The summed E-state index contributed by atoms with van der Waals surface area (Å²) >= 11 is 1.67. The average Bonchev–Trinajstić information content (AvgIpc) is 2.17. The third-order valence-corrected chi connectivity index (χ3v) is 2.00. The Morgan fingerprint density at radius 1 is 1.38 bits per heavy atom. The van der Waals surface area contributed by atoms with Gasteiger partial charge in [-0.05, 0) is 30.4 Å². The highest BCUT2D eigenvalue weighted by Gasteiger charge is 1.92. The average molecular weight is 194 g/mol. The summed E-state index contributed by atoms with van der Waals surface area (Å²) in [5.74, 6) is 1.64. The second-order valence-electron chi connectivity index (χ2n) is 2.69. The summed E-state index contributed by atoms with van der Waals surface area (Å²) in [5.41, 5.74) is 1.27. The molecule has 0 unspecified atom stereocenters. The van der Waals surface area contributed by atoms with Crippen LogP contribution < -0.4 is 4.74 Å². The van der Waals surface area contributed by atoms with Crippen molar-refractivity contribution in [2.24, 2.45) is 0 Å². The summed E-state index contributed by atoms with van der Waals surface area (Å²) in [4.78, 5) is 0. The third kappa shape index (κ3) is 3.55. The van der Waals surface area contributed by atoms with E-state index in [0.717, 1.165) is 12.2 Å². The Morgan fingerprint density at radius 3 is 2.62 bits per heavy atom. The molecule has 0 aromatic heterocycles. The Kier molecular flexibility index (Phi) is 4.47. The lowest BCUT2D eigenvalue weighted by Gasteiger charge is -2.04. The van der Waals surface area contributed by atoms with E-state index in [1.165, 1.54) is 5.56 Å². The van der Waals surface area contributed by atoms with Gasteiger partial charge in [0, 0.05) is 0 Å². The van der Waals surface area contributed by atoms with Gasteiger partial charge in [0.05, 0.1) is 0 Å². The van der Waals surface area contributed by atoms with E-state index in [9.17, 15) is 0 Å². The van der Waals surface area contributed by atoms with Crippen molar-refractivity contribution < 1.29 is 4.74 Å². The number of hydrogen-bond acceptors (Lipinski definition) is 2. The maximum absolute atomic E-state index is 5.43. The molecule has 0 fully saturated rings. The van der Waals surface area contributed by atoms with Crippen LogP contribution in [-0.4, -0.2) is 12.2 Å². The fourth-order valence-corrected chi connectivity index (χ4v) is 1.27. The zero-order valence-electron chi connectivity index (χ0n) is 7.82. The fourth-order valence-electron chi connectivity index (χ4n) is 1.02. The molecule has 1 aromatic carbocycles. The Morgan fingerprint density at radius 2 is 2.08 bits per heavy atom. The molecular weight excluding hydrogens is 180 g/mol.